The Morgan fingerprint density at radius 2 is 1.70 bits per heavy atom. The molecule has 0 amide bonds. The Hall–Kier alpha value is -2.18. The van der Waals surface area contributed by atoms with E-state index in [1.54, 1.807) is 30.3 Å². The van der Waals surface area contributed by atoms with Crippen molar-refractivity contribution in [2.45, 2.75) is 18.7 Å². The summed E-state index contributed by atoms with van der Waals surface area (Å²) in [4.78, 5) is 12.1. The lowest BCUT2D eigenvalue weighted by atomic mass is 10.2. The molecule has 0 aliphatic rings. The van der Waals surface area contributed by atoms with E-state index in [-0.39, 0.29) is 11.4 Å². The Bertz CT molecular complexity index is 798. The zero-order valence-electron chi connectivity index (χ0n) is 13.3. The molecular weight excluding hydrogens is 314 g/mol. The molecule has 0 radical (unpaired) electrons. The van der Waals surface area contributed by atoms with E-state index in [9.17, 15) is 13.2 Å². The van der Waals surface area contributed by atoms with Gasteiger partial charge in [-0.1, -0.05) is 29.8 Å². The van der Waals surface area contributed by atoms with Gasteiger partial charge in [-0.15, -0.1) is 0 Å². The van der Waals surface area contributed by atoms with Crippen molar-refractivity contribution < 1.29 is 17.9 Å². The Morgan fingerprint density at radius 3 is 2.30 bits per heavy atom. The maximum Gasteiger partial charge on any atom is 0.326 e. The van der Waals surface area contributed by atoms with Crippen LogP contribution in [0.2, 0.25) is 0 Å². The number of carbonyl (C=O) groups is 1. The van der Waals surface area contributed by atoms with E-state index in [1.807, 2.05) is 19.9 Å². The fourth-order valence-corrected chi connectivity index (χ4v) is 3.11. The van der Waals surface area contributed by atoms with E-state index < -0.39 is 16.0 Å². The predicted octanol–water partition coefficient (Wildman–Crippen LogP) is 2.53. The predicted molar refractivity (Wildman–Crippen MR) is 87.8 cm³/mol. The van der Waals surface area contributed by atoms with E-state index in [4.69, 9.17) is 4.74 Å². The van der Waals surface area contributed by atoms with E-state index in [1.165, 1.54) is 19.2 Å². The third-order valence-electron chi connectivity index (χ3n) is 3.30. The lowest BCUT2D eigenvalue weighted by Gasteiger charge is -2.16. The van der Waals surface area contributed by atoms with Gasteiger partial charge in [-0.05, 0) is 43.7 Å². The van der Waals surface area contributed by atoms with Crippen LogP contribution in [0.3, 0.4) is 0 Å². The van der Waals surface area contributed by atoms with Crippen molar-refractivity contribution in [3.8, 4) is 5.75 Å². The van der Waals surface area contributed by atoms with Crippen LogP contribution in [0.4, 0.5) is 0 Å². The highest BCUT2D eigenvalue weighted by Crippen LogP contribution is 2.16. The molecule has 0 fully saturated rings. The van der Waals surface area contributed by atoms with Gasteiger partial charge in [0, 0.05) is 7.05 Å². The summed E-state index contributed by atoms with van der Waals surface area (Å²) >= 11 is 0. The van der Waals surface area contributed by atoms with E-state index >= 15 is 0 Å². The van der Waals surface area contributed by atoms with E-state index in [0.29, 0.717) is 5.75 Å². The number of esters is 1. The number of hydrogen-bond donors (Lipinski definition) is 0. The van der Waals surface area contributed by atoms with Gasteiger partial charge in [-0.2, -0.15) is 4.31 Å². The first-order valence-electron chi connectivity index (χ1n) is 7.09. The largest absolute Gasteiger partial charge is 0.426 e. The van der Waals surface area contributed by atoms with Crippen molar-refractivity contribution >= 4 is 16.0 Å². The molecule has 122 valence electrons. The molecule has 0 bridgehead atoms. The third-order valence-corrected chi connectivity index (χ3v) is 5.12. The molecular formula is C17H19NO4S. The van der Waals surface area contributed by atoms with Crippen molar-refractivity contribution in [3.05, 3.63) is 59.7 Å². The number of sulfonamides is 1. The quantitative estimate of drug-likeness (QED) is 0.623. The second-order valence-corrected chi connectivity index (χ2v) is 7.41. The minimum Gasteiger partial charge on any atom is -0.426 e. The second kappa shape index (κ2) is 6.93. The summed E-state index contributed by atoms with van der Waals surface area (Å²) in [5, 5.41) is 0. The van der Waals surface area contributed by atoms with Crippen LogP contribution < -0.4 is 4.74 Å². The smallest absolute Gasteiger partial charge is 0.326 e. The molecule has 5 nitrogen and oxygen atoms in total. The molecule has 0 aromatic heterocycles. The van der Waals surface area contributed by atoms with Gasteiger partial charge in [-0.3, -0.25) is 4.79 Å². The fraction of sp³-hybridized carbons (Fsp3) is 0.235. The van der Waals surface area contributed by atoms with Gasteiger partial charge in [0.2, 0.25) is 10.0 Å². The van der Waals surface area contributed by atoms with Crippen LogP contribution in [-0.4, -0.2) is 32.3 Å². The molecule has 2 aromatic carbocycles. The number of nitrogens with zero attached hydrogens (tertiary/aromatic N) is 1. The van der Waals surface area contributed by atoms with Crippen molar-refractivity contribution in [1.29, 1.82) is 0 Å². The summed E-state index contributed by atoms with van der Waals surface area (Å²) in [5.41, 5.74) is 1.92. The van der Waals surface area contributed by atoms with Crippen LogP contribution in [0.1, 0.15) is 11.1 Å². The first-order valence-corrected chi connectivity index (χ1v) is 8.53. The summed E-state index contributed by atoms with van der Waals surface area (Å²) in [6.07, 6.45) is 0. The van der Waals surface area contributed by atoms with Gasteiger partial charge < -0.3 is 4.74 Å². The summed E-state index contributed by atoms with van der Waals surface area (Å²) in [7, 11) is -2.36. The molecule has 0 spiro atoms. The highest BCUT2D eigenvalue weighted by atomic mass is 32.2. The van der Waals surface area contributed by atoms with Gasteiger partial charge in [-0.25, -0.2) is 8.42 Å². The zero-order chi connectivity index (χ0) is 17.0. The lowest BCUT2D eigenvalue weighted by Crippen LogP contribution is -2.34. The first-order chi connectivity index (χ1) is 10.8. The fourth-order valence-electron chi connectivity index (χ4n) is 2.00. The van der Waals surface area contributed by atoms with Gasteiger partial charge in [0.25, 0.3) is 0 Å². The highest BCUT2D eigenvalue weighted by Gasteiger charge is 2.23. The number of aryl methyl sites for hydroxylation is 2. The van der Waals surface area contributed by atoms with Gasteiger partial charge in [0.1, 0.15) is 12.3 Å². The minimum atomic E-state index is -3.72. The van der Waals surface area contributed by atoms with Crippen LogP contribution in [0.25, 0.3) is 0 Å². The monoisotopic (exact) mass is 333 g/mol. The normalized spacial score (nSPS) is 11.5. The second-order valence-electron chi connectivity index (χ2n) is 5.36. The molecule has 0 aliphatic carbocycles. The number of rotatable bonds is 5. The van der Waals surface area contributed by atoms with Crippen LogP contribution >= 0.6 is 0 Å². The minimum absolute atomic E-state index is 0.147. The van der Waals surface area contributed by atoms with Crippen LogP contribution in [0.15, 0.2) is 53.4 Å². The van der Waals surface area contributed by atoms with Gasteiger partial charge in [0.15, 0.2) is 0 Å². The molecule has 23 heavy (non-hydrogen) atoms. The maximum atomic E-state index is 12.4. The maximum absolute atomic E-state index is 12.4. The average molecular weight is 333 g/mol. The van der Waals surface area contributed by atoms with Gasteiger partial charge >= 0.3 is 5.97 Å². The summed E-state index contributed by atoms with van der Waals surface area (Å²) in [5.74, 6) is -0.232. The Balaban J connectivity index is 2.06. The lowest BCUT2D eigenvalue weighted by molar-refractivity contribution is -0.134. The summed E-state index contributed by atoms with van der Waals surface area (Å²) in [6, 6.07) is 13.5. The molecule has 0 saturated heterocycles. The number of benzene rings is 2. The molecule has 2 rings (SSSR count). The SMILES string of the molecule is Cc1ccc(S(=O)(=O)N(C)CC(=O)Oc2cccc(C)c2)cc1. The zero-order valence-corrected chi connectivity index (χ0v) is 14.1. The van der Waals surface area contributed by atoms with Crippen molar-refractivity contribution in [1.82, 2.24) is 4.31 Å². The first kappa shape index (κ1) is 17.2. The molecule has 0 atom stereocenters. The van der Waals surface area contributed by atoms with Crippen LogP contribution in [0.5, 0.6) is 5.75 Å². The average Bonchev–Trinajstić information content (AvgIpc) is 2.47. The topological polar surface area (TPSA) is 63.7 Å². The molecule has 0 N–H and O–H groups in total. The molecule has 0 saturated carbocycles. The van der Waals surface area contributed by atoms with E-state index in [0.717, 1.165) is 15.4 Å². The molecule has 0 heterocycles. The number of carbonyl (C=O) groups excluding carboxylic acids is 1. The summed E-state index contributed by atoms with van der Waals surface area (Å²) < 4.78 is 31.0. The number of hydrogen-bond acceptors (Lipinski definition) is 4. The van der Waals surface area contributed by atoms with Crippen molar-refractivity contribution in [3.63, 3.8) is 0 Å². The number of ether oxygens (including phenoxy) is 1. The standard InChI is InChI=1S/C17H19NO4S/c1-13-7-9-16(10-8-13)23(20,21)18(3)12-17(19)22-15-6-4-5-14(2)11-15/h4-11H,12H2,1-3H3. The Morgan fingerprint density at radius 1 is 1.04 bits per heavy atom. The number of likely N-dealkylation sites (N-methyl/N-ethyl adjacent to an activating group) is 1. The van der Waals surface area contributed by atoms with E-state index in [2.05, 4.69) is 0 Å². The van der Waals surface area contributed by atoms with Crippen LogP contribution in [0, 0.1) is 13.8 Å². The Labute approximate surface area is 136 Å². The van der Waals surface area contributed by atoms with Crippen LogP contribution in [-0.2, 0) is 14.8 Å². The highest BCUT2D eigenvalue weighted by molar-refractivity contribution is 7.89. The van der Waals surface area contributed by atoms with Crippen molar-refractivity contribution in [2.24, 2.45) is 0 Å². The molecule has 0 unspecified atom stereocenters. The summed E-state index contributed by atoms with van der Waals surface area (Å²) in [6.45, 7) is 3.40. The molecule has 6 heteroatoms. The molecule has 0 aliphatic heterocycles. The Kier molecular flexibility index (Phi) is 5.18. The van der Waals surface area contributed by atoms with Crippen molar-refractivity contribution in [2.75, 3.05) is 13.6 Å². The van der Waals surface area contributed by atoms with Gasteiger partial charge in [0.05, 0.1) is 4.90 Å². The molecule has 2 aromatic rings. The third kappa shape index (κ3) is 4.40.